The van der Waals surface area contributed by atoms with Crippen molar-refractivity contribution in [2.45, 2.75) is 32.7 Å². The van der Waals surface area contributed by atoms with Crippen LogP contribution in [-0.2, 0) is 12.0 Å². The van der Waals surface area contributed by atoms with Gasteiger partial charge in [-0.05, 0) is 0 Å². The first-order valence-corrected chi connectivity index (χ1v) is 5.90. The lowest BCUT2D eigenvalue weighted by molar-refractivity contribution is 0.385. The molecule has 2 aromatic heterocycles. The molecule has 0 amide bonds. The van der Waals surface area contributed by atoms with Crippen molar-refractivity contribution in [3.8, 4) is 6.07 Å². The second-order valence-corrected chi connectivity index (χ2v) is 5.12. The number of nitrogens with one attached hydrogen (secondary N) is 1. The maximum atomic E-state index is 8.62. The molecule has 0 bridgehead atoms. The summed E-state index contributed by atoms with van der Waals surface area (Å²) in [5, 5.41) is 11.7. The molecule has 0 radical (unpaired) electrons. The number of rotatable bonds is 3. The normalized spacial score (nSPS) is 11.1. The monoisotopic (exact) mass is 257 g/mol. The van der Waals surface area contributed by atoms with Crippen LogP contribution in [-0.4, -0.2) is 15.0 Å². The fourth-order valence-corrected chi connectivity index (χ4v) is 1.38. The van der Waals surface area contributed by atoms with Crippen LogP contribution in [0.2, 0.25) is 0 Å². The van der Waals surface area contributed by atoms with Crippen LogP contribution in [0.4, 0.5) is 5.82 Å². The minimum atomic E-state index is -0.0561. The second-order valence-electron chi connectivity index (χ2n) is 5.12. The van der Waals surface area contributed by atoms with Crippen molar-refractivity contribution in [1.82, 2.24) is 15.0 Å². The molecule has 2 rings (SSSR count). The van der Waals surface area contributed by atoms with Crippen LogP contribution in [0.15, 0.2) is 23.0 Å². The fourth-order valence-electron chi connectivity index (χ4n) is 1.38. The van der Waals surface area contributed by atoms with Crippen molar-refractivity contribution in [2.75, 3.05) is 5.32 Å². The molecule has 1 N–H and O–H groups in total. The zero-order valence-electron chi connectivity index (χ0n) is 11.1. The highest BCUT2D eigenvalue weighted by Crippen LogP contribution is 2.22. The third kappa shape index (κ3) is 3.28. The van der Waals surface area contributed by atoms with Crippen molar-refractivity contribution in [3.05, 3.63) is 35.9 Å². The molecule has 6 heteroatoms. The van der Waals surface area contributed by atoms with Crippen LogP contribution in [0.25, 0.3) is 0 Å². The summed E-state index contributed by atoms with van der Waals surface area (Å²) in [5.41, 5.74) is 0.233. The minimum Gasteiger partial charge on any atom is -0.443 e. The Hall–Kier alpha value is -2.42. The van der Waals surface area contributed by atoms with Crippen LogP contribution in [0.3, 0.4) is 0 Å². The number of nitriles is 1. The highest BCUT2D eigenvalue weighted by molar-refractivity contribution is 5.33. The van der Waals surface area contributed by atoms with Crippen LogP contribution >= 0.6 is 0 Å². The van der Waals surface area contributed by atoms with Gasteiger partial charge in [-0.25, -0.2) is 15.0 Å². The molecule has 0 fully saturated rings. The van der Waals surface area contributed by atoms with E-state index in [2.05, 4.69) is 41.0 Å². The van der Waals surface area contributed by atoms with Gasteiger partial charge in [-0.15, -0.1) is 0 Å². The van der Waals surface area contributed by atoms with Crippen LogP contribution in [0.1, 0.15) is 38.1 Å². The predicted molar refractivity (Wildman–Crippen MR) is 69.3 cm³/mol. The lowest BCUT2D eigenvalue weighted by Gasteiger charge is -2.13. The van der Waals surface area contributed by atoms with Crippen molar-refractivity contribution in [2.24, 2.45) is 0 Å². The largest absolute Gasteiger partial charge is 0.443 e. The van der Waals surface area contributed by atoms with E-state index in [0.29, 0.717) is 18.3 Å². The molecule has 0 saturated heterocycles. The summed E-state index contributed by atoms with van der Waals surface area (Å²) in [4.78, 5) is 12.2. The molecular weight excluding hydrogens is 242 g/mol. The van der Waals surface area contributed by atoms with Gasteiger partial charge in [0.25, 0.3) is 0 Å². The van der Waals surface area contributed by atoms with Crippen LogP contribution in [0.5, 0.6) is 0 Å². The highest BCUT2D eigenvalue weighted by atomic mass is 16.4. The van der Waals surface area contributed by atoms with Gasteiger partial charge < -0.3 is 9.73 Å². The number of anilines is 1. The average molecular weight is 257 g/mol. The summed E-state index contributed by atoms with van der Waals surface area (Å²) in [6.07, 6.45) is 4.66. The van der Waals surface area contributed by atoms with E-state index in [0.717, 1.165) is 5.76 Å². The van der Waals surface area contributed by atoms with Gasteiger partial charge in [0.1, 0.15) is 17.6 Å². The summed E-state index contributed by atoms with van der Waals surface area (Å²) < 4.78 is 5.64. The molecular formula is C13H15N5O. The zero-order chi connectivity index (χ0) is 13.9. The smallest absolute Gasteiger partial charge is 0.213 e. The lowest BCUT2D eigenvalue weighted by atomic mass is 9.94. The van der Waals surface area contributed by atoms with E-state index in [1.165, 1.54) is 12.4 Å². The topological polar surface area (TPSA) is 87.6 Å². The SMILES string of the molecule is CC(C)(C)c1cnc(CNc2cnc(C#N)cn2)o1. The Morgan fingerprint density at radius 3 is 2.53 bits per heavy atom. The van der Waals surface area contributed by atoms with E-state index in [-0.39, 0.29) is 11.1 Å². The Morgan fingerprint density at radius 1 is 1.21 bits per heavy atom. The fraction of sp³-hybridized carbons (Fsp3) is 0.385. The third-order valence-electron chi connectivity index (χ3n) is 2.48. The summed E-state index contributed by atoms with van der Waals surface area (Å²) >= 11 is 0. The highest BCUT2D eigenvalue weighted by Gasteiger charge is 2.18. The van der Waals surface area contributed by atoms with Gasteiger partial charge in [-0.3, -0.25) is 0 Å². The molecule has 0 unspecified atom stereocenters. The second kappa shape index (κ2) is 5.06. The van der Waals surface area contributed by atoms with E-state index in [9.17, 15) is 0 Å². The average Bonchev–Trinajstić information content (AvgIpc) is 2.86. The standard InChI is InChI=1S/C13H15N5O/c1-13(2,3)10-6-18-12(19-10)8-17-11-7-15-9(4-14)5-16-11/h5-7H,8H2,1-3H3,(H,16,17). The van der Waals surface area contributed by atoms with Crippen LogP contribution in [0, 0.1) is 11.3 Å². The molecule has 0 aliphatic rings. The maximum absolute atomic E-state index is 8.62. The van der Waals surface area contributed by atoms with E-state index in [4.69, 9.17) is 9.68 Å². The first-order chi connectivity index (χ1) is 8.99. The quantitative estimate of drug-likeness (QED) is 0.907. The van der Waals surface area contributed by atoms with Gasteiger partial charge in [0.05, 0.1) is 25.1 Å². The number of aromatic nitrogens is 3. The summed E-state index contributed by atoms with van der Waals surface area (Å²) in [5.74, 6) is 2.01. The number of hydrogen-bond acceptors (Lipinski definition) is 6. The summed E-state index contributed by atoms with van der Waals surface area (Å²) in [6.45, 7) is 6.63. The molecule has 0 atom stereocenters. The van der Waals surface area contributed by atoms with Crippen molar-refractivity contribution in [1.29, 1.82) is 5.26 Å². The Kier molecular flexibility index (Phi) is 3.47. The summed E-state index contributed by atoms with van der Waals surface area (Å²) in [7, 11) is 0. The number of nitrogens with zero attached hydrogens (tertiary/aromatic N) is 4. The predicted octanol–water partition coefficient (Wildman–Crippen LogP) is 2.25. The van der Waals surface area contributed by atoms with Gasteiger partial charge in [0, 0.05) is 5.41 Å². The third-order valence-corrected chi connectivity index (χ3v) is 2.48. The van der Waals surface area contributed by atoms with Crippen LogP contribution < -0.4 is 5.32 Å². The molecule has 2 heterocycles. The first kappa shape index (κ1) is 13.0. The van der Waals surface area contributed by atoms with Gasteiger partial charge in [0.2, 0.25) is 5.89 Å². The van der Waals surface area contributed by atoms with E-state index >= 15 is 0 Å². The Labute approximate surface area is 111 Å². The van der Waals surface area contributed by atoms with E-state index in [1.54, 1.807) is 6.20 Å². The van der Waals surface area contributed by atoms with E-state index < -0.39 is 0 Å². The molecule has 0 aliphatic heterocycles. The van der Waals surface area contributed by atoms with Crippen molar-refractivity contribution >= 4 is 5.82 Å². The minimum absolute atomic E-state index is 0.0561. The molecule has 0 aromatic carbocycles. The number of oxazole rings is 1. The first-order valence-electron chi connectivity index (χ1n) is 5.90. The molecule has 6 nitrogen and oxygen atoms in total. The summed E-state index contributed by atoms with van der Waals surface area (Å²) in [6, 6.07) is 1.92. The van der Waals surface area contributed by atoms with Crippen molar-refractivity contribution in [3.63, 3.8) is 0 Å². The molecule has 0 spiro atoms. The Balaban J connectivity index is 1.99. The molecule has 98 valence electrons. The molecule has 0 saturated carbocycles. The Morgan fingerprint density at radius 2 is 2.00 bits per heavy atom. The van der Waals surface area contributed by atoms with E-state index in [1.807, 2.05) is 6.07 Å². The van der Waals surface area contributed by atoms with Gasteiger partial charge in [-0.2, -0.15) is 5.26 Å². The zero-order valence-corrected chi connectivity index (χ0v) is 11.1. The Bertz CT molecular complexity index is 589. The number of hydrogen-bond donors (Lipinski definition) is 1. The van der Waals surface area contributed by atoms with Gasteiger partial charge >= 0.3 is 0 Å². The molecule has 2 aromatic rings. The lowest BCUT2D eigenvalue weighted by Crippen LogP contribution is -2.09. The molecule has 0 aliphatic carbocycles. The van der Waals surface area contributed by atoms with Gasteiger partial charge in [0.15, 0.2) is 5.69 Å². The van der Waals surface area contributed by atoms with Gasteiger partial charge in [-0.1, -0.05) is 20.8 Å². The van der Waals surface area contributed by atoms with Crippen molar-refractivity contribution < 1.29 is 4.42 Å². The molecule has 19 heavy (non-hydrogen) atoms. The maximum Gasteiger partial charge on any atom is 0.213 e.